The summed E-state index contributed by atoms with van der Waals surface area (Å²) in [5.74, 6) is 0.850. The molecule has 2 aromatic rings. The summed E-state index contributed by atoms with van der Waals surface area (Å²) in [4.78, 5) is 4.80. The van der Waals surface area contributed by atoms with Gasteiger partial charge in [-0.2, -0.15) is 0 Å². The highest BCUT2D eigenvalue weighted by atomic mass is 16.5. The van der Waals surface area contributed by atoms with Gasteiger partial charge in [-0.05, 0) is 37.5 Å². The second-order valence-corrected chi connectivity index (χ2v) is 5.15. The molecule has 108 valence electrons. The number of benzene rings is 1. The summed E-state index contributed by atoms with van der Waals surface area (Å²) >= 11 is 0. The Bertz CT molecular complexity index is 593. The van der Waals surface area contributed by atoms with Crippen molar-refractivity contribution in [3.05, 3.63) is 29.5 Å². The molecule has 3 heteroatoms. The zero-order valence-electron chi connectivity index (χ0n) is 12.9. The van der Waals surface area contributed by atoms with Gasteiger partial charge < -0.3 is 10.1 Å². The van der Waals surface area contributed by atoms with Crippen molar-refractivity contribution in [2.45, 2.75) is 40.0 Å². The molecular weight excluding hydrogens is 248 g/mol. The Morgan fingerprint density at radius 3 is 2.65 bits per heavy atom. The van der Waals surface area contributed by atoms with Crippen LogP contribution < -0.4 is 10.1 Å². The Balaban J connectivity index is 2.65. The molecule has 0 fully saturated rings. The average Bonchev–Trinajstić information content (AvgIpc) is 2.45. The van der Waals surface area contributed by atoms with Gasteiger partial charge >= 0.3 is 0 Å². The highest BCUT2D eigenvalue weighted by Crippen LogP contribution is 2.33. The molecule has 1 N–H and O–H groups in total. The van der Waals surface area contributed by atoms with Gasteiger partial charge in [0.15, 0.2) is 0 Å². The van der Waals surface area contributed by atoms with E-state index in [0.29, 0.717) is 0 Å². The lowest BCUT2D eigenvalue weighted by atomic mass is 10.0. The Morgan fingerprint density at radius 1 is 1.20 bits per heavy atom. The second kappa shape index (κ2) is 6.60. The lowest BCUT2D eigenvalue weighted by Gasteiger charge is -2.15. The lowest BCUT2D eigenvalue weighted by molar-refractivity contribution is 0.418. The highest BCUT2D eigenvalue weighted by Gasteiger charge is 2.12. The van der Waals surface area contributed by atoms with Crippen LogP contribution in [-0.4, -0.2) is 18.6 Å². The summed E-state index contributed by atoms with van der Waals surface area (Å²) in [5.41, 5.74) is 4.51. The number of nitrogens with one attached hydrogen (secondary N) is 1. The molecule has 1 aromatic heterocycles. The first-order valence-electron chi connectivity index (χ1n) is 7.42. The minimum Gasteiger partial charge on any atom is -0.494 e. The van der Waals surface area contributed by atoms with Crippen LogP contribution in [0.25, 0.3) is 10.9 Å². The van der Waals surface area contributed by atoms with Gasteiger partial charge in [0.25, 0.3) is 0 Å². The van der Waals surface area contributed by atoms with E-state index in [2.05, 4.69) is 38.2 Å². The Kier molecular flexibility index (Phi) is 4.83. The maximum absolute atomic E-state index is 5.48. The van der Waals surface area contributed by atoms with Gasteiger partial charge in [0.05, 0.1) is 7.11 Å². The van der Waals surface area contributed by atoms with Crippen molar-refractivity contribution in [1.29, 1.82) is 0 Å². The SMILES string of the molecule is CCCNc1cc(CCC)nc2c(OC)ccc(C)c12. The van der Waals surface area contributed by atoms with Gasteiger partial charge in [0.1, 0.15) is 11.3 Å². The Labute approximate surface area is 121 Å². The van der Waals surface area contributed by atoms with Crippen LogP contribution in [0.3, 0.4) is 0 Å². The van der Waals surface area contributed by atoms with Crippen LogP contribution in [0.15, 0.2) is 18.2 Å². The van der Waals surface area contributed by atoms with Crippen molar-refractivity contribution < 1.29 is 4.74 Å². The molecule has 0 saturated carbocycles. The quantitative estimate of drug-likeness (QED) is 0.850. The fraction of sp³-hybridized carbons (Fsp3) is 0.471. The van der Waals surface area contributed by atoms with Gasteiger partial charge in [0.2, 0.25) is 0 Å². The predicted octanol–water partition coefficient (Wildman–Crippen LogP) is 4.33. The van der Waals surface area contributed by atoms with Crippen LogP contribution in [0.4, 0.5) is 5.69 Å². The van der Waals surface area contributed by atoms with Crippen molar-refractivity contribution in [2.24, 2.45) is 0 Å². The minimum absolute atomic E-state index is 0.850. The molecule has 0 bridgehead atoms. The van der Waals surface area contributed by atoms with E-state index in [-0.39, 0.29) is 0 Å². The number of aromatic nitrogens is 1. The maximum atomic E-state index is 5.48. The summed E-state index contributed by atoms with van der Waals surface area (Å²) in [6, 6.07) is 6.29. The predicted molar refractivity (Wildman–Crippen MR) is 85.8 cm³/mol. The van der Waals surface area contributed by atoms with Crippen molar-refractivity contribution in [3.8, 4) is 5.75 Å². The number of anilines is 1. The third-order valence-corrected chi connectivity index (χ3v) is 3.48. The monoisotopic (exact) mass is 272 g/mol. The van der Waals surface area contributed by atoms with Crippen molar-refractivity contribution in [3.63, 3.8) is 0 Å². The number of hydrogen-bond donors (Lipinski definition) is 1. The third kappa shape index (κ3) is 2.87. The average molecular weight is 272 g/mol. The molecular formula is C17H24N2O. The number of ether oxygens (including phenoxy) is 1. The maximum Gasteiger partial charge on any atom is 0.145 e. The normalized spacial score (nSPS) is 10.8. The van der Waals surface area contributed by atoms with E-state index < -0.39 is 0 Å². The van der Waals surface area contributed by atoms with Gasteiger partial charge in [-0.15, -0.1) is 0 Å². The molecule has 0 radical (unpaired) electrons. The summed E-state index contributed by atoms with van der Waals surface area (Å²) in [7, 11) is 1.71. The molecule has 0 saturated heterocycles. The number of methoxy groups -OCH3 is 1. The Hall–Kier alpha value is -1.77. The zero-order chi connectivity index (χ0) is 14.5. The minimum atomic E-state index is 0.850. The number of pyridine rings is 1. The number of nitrogens with zero attached hydrogens (tertiary/aromatic N) is 1. The fourth-order valence-electron chi connectivity index (χ4n) is 2.49. The molecule has 0 aliphatic carbocycles. The number of fused-ring (bicyclic) bond motifs is 1. The first-order chi connectivity index (χ1) is 9.71. The van der Waals surface area contributed by atoms with E-state index in [1.807, 2.05) is 6.07 Å². The molecule has 0 atom stereocenters. The van der Waals surface area contributed by atoms with Crippen LogP contribution in [0.5, 0.6) is 5.75 Å². The van der Waals surface area contributed by atoms with Gasteiger partial charge in [-0.1, -0.05) is 26.3 Å². The van der Waals surface area contributed by atoms with Crippen LogP contribution in [0.1, 0.15) is 37.9 Å². The van der Waals surface area contributed by atoms with Gasteiger partial charge in [0, 0.05) is 23.3 Å². The first kappa shape index (κ1) is 14.6. The smallest absolute Gasteiger partial charge is 0.145 e. The molecule has 0 amide bonds. The van der Waals surface area contributed by atoms with Crippen LogP contribution >= 0.6 is 0 Å². The van der Waals surface area contributed by atoms with E-state index in [9.17, 15) is 0 Å². The molecule has 0 aliphatic heterocycles. The number of hydrogen-bond acceptors (Lipinski definition) is 3. The molecule has 0 unspecified atom stereocenters. The lowest BCUT2D eigenvalue weighted by Crippen LogP contribution is -2.04. The number of aryl methyl sites for hydroxylation is 2. The molecule has 2 rings (SSSR count). The molecule has 3 nitrogen and oxygen atoms in total. The Morgan fingerprint density at radius 2 is 2.00 bits per heavy atom. The summed E-state index contributed by atoms with van der Waals surface area (Å²) in [6.07, 6.45) is 3.20. The van der Waals surface area contributed by atoms with E-state index in [1.165, 1.54) is 16.6 Å². The first-order valence-corrected chi connectivity index (χ1v) is 7.42. The highest BCUT2D eigenvalue weighted by molar-refractivity contribution is 5.97. The van der Waals surface area contributed by atoms with E-state index in [0.717, 1.165) is 42.8 Å². The molecule has 20 heavy (non-hydrogen) atoms. The second-order valence-electron chi connectivity index (χ2n) is 5.15. The van der Waals surface area contributed by atoms with E-state index >= 15 is 0 Å². The molecule has 0 spiro atoms. The molecule has 0 aliphatic rings. The standard InChI is InChI=1S/C17H24N2O/c1-5-7-13-11-14(18-10-6-2)16-12(3)8-9-15(20-4)17(16)19-13/h8-9,11H,5-7,10H2,1-4H3,(H,18,19). The largest absolute Gasteiger partial charge is 0.494 e. The van der Waals surface area contributed by atoms with E-state index in [4.69, 9.17) is 9.72 Å². The van der Waals surface area contributed by atoms with Crippen molar-refractivity contribution in [1.82, 2.24) is 4.98 Å². The van der Waals surface area contributed by atoms with Crippen LogP contribution in [0, 0.1) is 6.92 Å². The molecule has 1 aromatic carbocycles. The van der Waals surface area contributed by atoms with Crippen LogP contribution in [-0.2, 0) is 6.42 Å². The van der Waals surface area contributed by atoms with Crippen molar-refractivity contribution in [2.75, 3.05) is 19.0 Å². The van der Waals surface area contributed by atoms with Crippen LogP contribution in [0.2, 0.25) is 0 Å². The summed E-state index contributed by atoms with van der Waals surface area (Å²) < 4.78 is 5.48. The van der Waals surface area contributed by atoms with Gasteiger partial charge in [-0.3, -0.25) is 0 Å². The number of rotatable bonds is 6. The topological polar surface area (TPSA) is 34.2 Å². The zero-order valence-corrected chi connectivity index (χ0v) is 12.9. The summed E-state index contributed by atoms with van der Waals surface area (Å²) in [5, 5.41) is 4.71. The molecule has 1 heterocycles. The van der Waals surface area contributed by atoms with E-state index in [1.54, 1.807) is 7.11 Å². The van der Waals surface area contributed by atoms with Crippen molar-refractivity contribution >= 4 is 16.6 Å². The fourth-order valence-corrected chi connectivity index (χ4v) is 2.49. The van der Waals surface area contributed by atoms with Gasteiger partial charge in [-0.25, -0.2) is 4.98 Å². The summed E-state index contributed by atoms with van der Waals surface area (Å²) in [6.45, 7) is 7.46. The third-order valence-electron chi connectivity index (χ3n) is 3.48.